The average Bonchev–Trinajstić information content (AvgIpc) is 3.29. The summed E-state index contributed by atoms with van der Waals surface area (Å²) in [5.74, 6) is 0.135. The lowest BCUT2D eigenvalue weighted by Crippen LogP contribution is -2.31. The Kier molecular flexibility index (Phi) is 4.43. The van der Waals surface area contributed by atoms with Gasteiger partial charge in [-0.25, -0.2) is 4.98 Å². The van der Waals surface area contributed by atoms with E-state index in [0.717, 1.165) is 58.2 Å². The lowest BCUT2D eigenvalue weighted by atomic mass is 9.96. The van der Waals surface area contributed by atoms with Gasteiger partial charge in [0.05, 0.1) is 24.2 Å². The summed E-state index contributed by atoms with van der Waals surface area (Å²) in [7, 11) is 0. The maximum atomic E-state index is 12.4. The standard InChI is InChI=1S/C23H21N3O2S/c1-14-5-2-3-7-18(14)24-20(27)12-21-25-19(13-29-21)16-9-15-6-4-8-26-22(28)11-17(10-16)23(15)26/h2-3,5,7,9-10,13H,4,6,8,11-12H2,1H3,(H,24,27). The van der Waals surface area contributed by atoms with Crippen LogP contribution in [0, 0.1) is 6.92 Å². The smallest absolute Gasteiger partial charge is 0.231 e. The van der Waals surface area contributed by atoms with E-state index in [1.54, 1.807) is 0 Å². The van der Waals surface area contributed by atoms with Gasteiger partial charge in [-0.2, -0.15) is 0 Å². The van der Waals surface area contributed by atoms with Crippen LogP contribution in [-0.2, 0) is 28.9 Å². The summed E-state index contributed by atoms with van der Waals surface area (Å²) in [6.07, 6.45) is 2.73. The lowest BCUT2D eigenvalue weighted by molar-refractivity contribution is -0.117. The third-order valence-corrected chi connectivity index (χ3v) is 6.44. The third kappa shape index (κ3) is 3.34. The second kappa shape index (κ2) is 7.12. The van der Waals surface area contributed by atoms with Crippen molar-refractivity contribution in [3.63, 3.8) is 0 Å². The van der Waals surface area contributed by atoms with Crippen molar-refractivity contribution in [3.05, 3.63) is 63.5 Å². The summed E-state index contributed by atoms with van der Waals surface area (Å²) in [4.78, 5) is 31.3. The molecule has 0 radical (unpaired) electrons. The fourth-order valence-corrected chi connectivity index (χ4v) is 5.00. The van der Waals surface area contributed by atoms with Crippen LogP contribution in [0.4, 0.5) is 11.4 Å². The minimum absolute atomic E-state index is 0.0644. The second-order valence-corrected chi connectivity index (χ2v) is 8.58. The summed E-state index contributed by atoms with van der Waals surface area (Å²) >= 11 is 1.50. The molecule has 0 bridgehead atoms. The summed E-state index contributed by atoms with van der Waals surface area (Å²) in [6.45, 7) is 2.80. The number of thiazole rings is 1. The van der Waals surface area contributed by atoms with Crippen LogP contribution in [0.2, 0.25) is 0 Å². The van der Waals surface area contributed by atoms with E-state index in [9.17, 15) is 9.59 Å². The number of carbonyl (C=O) groups is 2. The second-order valence-electron chi connectivity index (χ2n) is 7.64. The zero-order valence-corrected chi connectivity index (χ0v) is 17.0. The number of rotatable bonds is 4. The van der Waals surface area contributed by atoms with Gasteiger partial charge in [0, 0.05) is 23.2 Å². The van der Waals surface area contributed by atoms with Crippen molar-refractivity contribution in [3.8, 4) is 11.3 Å². The molecule has 6 heteroatoms. The van der Waals surface area contributed by atoms with Crippen molar-refractivity contribution in [2.75, 3.05) is 16.8 Å². The van der Waals surface area contributed by atoms with Crippen LogP contribution in [0.25, 0.3) is 11.3 Å². The fraction of sp³-hybridized carbons (Fsp3) is 0.261. The Morgan fingerprint density at radius 1 is 1.24 bits per heavy atom. The summed E-state index contributed by atoms with van der Waals surface area (Å²) in [6, 6.07) is 12.0. The molecule has 0 aliphatic carbocycles. The van der Waals surface area contributed by atoms with E-state index < -0.39 is 0 Å². The van der Waals surface area contributed by atoms with Crippen molar-refractivity contribution in [2.24, 2.45) is 0 Å². The molecule has 1 N–H and O–H groups in total. The molecule has 3 aromatic rings. The van der Waals surface area contributed by atoms with Crippen LogP contribution < -0.4 is 10.2 Å². The Balaban J connectivity index is 1.36. The molecule has 2 amide bonds. The van der Waals surface area contributed by atoms with E-state index in [2.05, 4.69) is 17.4 Å². The number of aryl methyl sites for hydroxylation is 2. The number of nitrogens with one attached hydrogen (secondary N) is 1. The monoisotopic (exact) mass is 403 g/mol. The number of anilines is 2. The SMILES string of the molecule is Cc1ccccc1NC(=O)Cc1nc(-c2cc3c4c(c2)CC(=O)N4CCC3)cs1. The van der Waals surface area contributed by atoms with Gasteiger partial charge < -0.3 is 10.2 Å². The topological polar surface area (TPSA) is 62.3 Å². The van der Waals surface area contributed by atoms with E-state index >= 15 is 0 Å². The summed E-state index contributed by atoms with van der Waals surface area (Å²) in [5.41, 5.74) is 7.26. The molecule has 0 spiro atoms. The van der Waals surface area contributed by atoms with Gasteiger partial charge in [-0.1, -0.05) is 18.2 Å². The van der Waals surface area contributed by atoms with Crippen molar-refractivity contribution in [1.29, 1.82) is 0 Å². The number of nitrogens with zero attached hydrogens (tertiary/aromatic N) is 2. The predicted molar refractivity (Wildman–Crippen MR) is 115 cm³/mol. The predicted octanol–water partition coefficient (Wildman–Crippen LogP) is 4.14. The maximum absolute atomic E-state index is 12.4. The zero-order chi connectivity index (χ0) is 20.0. The van der Waals surface area contributed by atoms with Gasteiger partial charge in [0.15, 0.2) is 0 Å². The molecule has 0 saturated carbocycles. The van der Waals surface area contributed by atoms with Crippen LogP contribution in [0.1, 0.15) is 28.1 Å². The maximum Gasteiger partial charge on any atom is 0.231 e. The molecule has 2 aliphatic heterocycles. The van der Waals surface area contributed by atoms with E-state index in [1.165, 1.54) is 16.9 Å². The number of para-hydroxylation sites is 1. The first-order valence-corrected chi connectivity index (χ1v) is 10.7. The normalized spacial score (nSPS) is 14.8. The Labute approximate surface area is 173 Å². The van der Waals surface area contributed by atoms with Gasteiger partial charge in [0.25, 0.3) is 0 Å². The minimum Gasteiger partial charge on any atom is -0.325 e. The molecule has 0 atom stereocenters. The zero-order valence-electron chi connectivity index (χ0n) is 16.2. The van der Waals surface area contributed by atoms with Crippen LogP contribution in [0.15, 0.2) is 41.8 Å². The Bertz CT molecular complexity index is 1130. The number of aromatic nitrogens is 1. The van der Waals surface area contributed by atoms with Crippen LogP contribution in [-0.4, -0.2) is 23.3 Å². The van der Waals surface area contributed by atoms with Gasteiger partial charge >= 0.3 is 0 Å². The largest absolute Gasteiger partial charge is 0.325 e. The first-order chi connectivity index (χ1) is 14.1. The third-order valence-electron chi connectivity index (χ3n) is 5.59. The van der Waals surface area contributed by atoms with Crippen molar-refractivity contribution in [1.82, 2.24) is 4.98 Å². The Morgan fingerprint density at radius 3 is 2.93 bits per heavy atom. The molecular formula is C23H21N3O2S. The molecule has 0 fully saturated rings. The Morgan fingerprint density at radius 2 is 2.07 bits per heavy atom. The fourth-order valence-electron chi connectivity index (χ4n) is 4.20. The van der Waals surface area contributed by atoms with Crippen LogP contribution >= 0.6 is 11.3 Å². The highest BCUT2D eigenvalue weighted by Gasteiger charge is 2.32. The average molecular weight is 404 g/mol. The molecule has 2 aliphatic rings. The molecule has 0 saturated heterocycles. The first-order valence-electron chi connectivity index (χ1n) is 9.85. The number of carbonyl (C=O) groups excluding carboxylic acids is 2. The molecule has 2 aromatic carbocycles. The van der Waals surface area contributed by atoms with E-state index in [4.69, 9.17) is 4.98 Å². The summed E-state index contributed by atoms with van der Waals surface area (Å²) in [5, 5.41) is 5.75. The van der Waals surface area contributed by atoms with E-state index in [1.807, 2.05) is 41.5 Å². The molecule has 0 unspecified atom stereocenters. The van der Waals surface area contributed by atoms with Crippen molar-refractivity contribution in [2.45, 2.75) is 32.6 Å². The van der Waals surface area contributed by atoms with E-state index in [0.29, 0.717) is 6.42 Å². The molecule has 5 nitrogen and oxygen atoms in total. The van der Waals surface area contributed by atoms with Gasteiger partial charge in [-0.15, -0.1) is 11.3 Å². The Hall–Kier alpha value is -2.99. The highest BCUT2D eigenvalue weighted by atomic mass is 32.1. The summed E-state index contributed by atoms with van der Waals surface area (Å²) < 4.78 is 0. The number of amides is 2. The van der Waals surface area contributed by atoms with Gasteiger partial charge in [0.1, 0.15) is 5.01 Å². The van der Waals surface area contributed by atoms with E-state index in [-0.39, 0.29) is 18.2 Å². The molecule has 3 heterocycles. The lowest BCUT2D eigenvalue weighted by Gasteiger charge is -2.25. The first kappa shape index (κ1) is 18.1. The number of hydrogen-bond donors (Lipinski definition) is 1. The molecule has 1 aromatic heterocycles. The van der Waals surface area contributed by atoms with Crippen LogP contribution in [0.5, 0.6) is 0 Å². The molecule has 5 rings (SSSR count). The van der Waals surface area contributed by atoms with Gasteiger partial charge in [-0.05, 0) is 54.7 Å². The molecule has 29 heavy (non-hydrogen) atoms. The van der Waals surface area contributed by atoms with Gasteiger partial charge in [-0.3, -0.25) is 9.59 Å². The quantitative estimate of drug-likeness (QED) is 0.712. The number of hydrogen-bond acceptors (Lipinski definition) is 4. The van der Waals surface area contributed by atoms with Crippen molar-refractivity contribution >= 4 is 34.5 Å². The van der Waals surface area contributed by atoms with Crippen LogP contribution in [0.3, 0.4) is 0 Å². The van der Waals surface area contributed by atoms with Crippen molar-refractivity contribution < 1.29 is 9.59 Å². The highest BCUT2D eigenvalue weighted by Crippen LogP contribution is 2.40. The molecular weight excluding hydrogens is 382 g/mol. The number of benzene rings is 2. The minimum atomic E-state index is -0.0644. The highest BCUT2D eigenvalue weighted by molar-refractivity contribution is 7.10. The molecule has 146 valence electrons. The van der Waals surface area contributed by atoms with Gasteiger partial charge in [0.2, 0.25) is 11.8 Å².